The highest BCUT2D eigenvalue weighted by Gasteiger charge is 2.28. The van der Waals surface area contributed by atoms with Gasteiger partial charge >= 0.3 is 0 Å². The van der Waals surface area contributed by atoms with Crippen molar-refractivity contribution in [3.63, 3.8) is 0 Å². The van der Waals surface area contributed by atoms with Crippen LogP contribution in [0, 0.1) is 5.82 Å². The van der Waals surface area contributed by atoms with E-state index in [1.807, 2.05) is 36.1 Å². The molecule has 1 saturated heterocycles. The second kappa shape index (κ2) is 9.84. The number of ether oxygens (including phenoxy) is 1. The third kappa shape index (κ3) is 5.44. The molecule has 1 aromatic carbocycles. The number of Topliss-reactive ketones (excluding diaryl/α,β-unsaturated/α-hetero) is 1. The van der Waals surface area contributed by atoms with E-state index in [2.05, 4.69) is 9.97 Å². The van der Waals surface area contributed by atoms with Crippen LogP contribution in [0.4, 0.5) is 16.2 Å². The Morgan fingerprint density at radius 1 is 1.40 bits per heavy atom. The summed E-state index contributed by atoms with van der Waals surface area (Å²) in [5.41, 5.74) is 1.10. The van der Waals surface area contributed by atoms with Gasteiger partial charge in [0.1, 0.15) is 17.6 Å². The van der Waals surface area contributed by atoms with Gasteiger partial charge in [-0.05, 0) is 30.5 Å². The zero-order valence-electron chi connectivity index (χ0n) is 17.7. The van der Waals surface area contributed by atoms with Gasteiger partial charge in [0.05, 0.1) is 19.3 Å². The molecule has 7 nitrogen and oxygen atoms in total. The number of likely N-dealkylation sites (N-methyl/N-ethyl adjacent to an activating group) is 1. The number of aliphatic hydroxyl groups excluding tert-OH is 1. The van der Waals surface area contributed by atoms with Crippen molar-refractivity contribution >= 4 is 17.5 Å². The van der Waals surface area contributed by atoms with E-state index in [1.165, 1.54) is 6.20 Å². The summed E-state index contributed by atoms with van der Waals surface area (Å²) in [5.74, 6) is 1.27. The Kier molecular flexibility index (Phi) is 7.20. The maximum absolute atomic E-state index is 14.3. The molecule has 0 spiro atoms. The molecule has 2 aromatic rings. The van der Waals surface area contributed by atoms with E-state index in [4.69, 9.17) is 9.84 Å². The summed E-state index contributed by atoms with van der Waals surface area (Å²) in [7, 11) is 1.75. The Hall–Kier alpha value is -2.74. The van der Waals surface area contributed by atoms with E-state index in [1.54, 1.807) is 18.9 Å². The number of rotatable bonds is 9. The molecular formula is C22H29FN4O3. The minimum atomic E-state index is -0.472. The Balaban J connectivity index is 1.62. The van der Waals surface area contributed by atoms with Gasteiger partial charge in [-0.15, -0.1) is 0 Å². The molecular weight excluding hydrogens is 387 g/mol. The summed E-state index contributed by atoms with van der Waals surface area (Å²) >= 11 is 0. The van der Waals surface area contributed by atoms with Gasteiger partial charge in [-0.1, -0.05) is 19.1 Å². The molecule has 2 atom stereocenters. The highest BCUT2D eigenvalue weighted by molar-refractivity contribution is 5.76. The number of benzene rings is 1. The number of carbonyl (C=O) groups is 1. The molecule has 1 aliphatic heterocycles. The van der Waals surface area contributed by atoms with Crippen LogP contribution in [0.15, 0.2) is 30.5 Å². The first kappa shape index (κ1) is 22.0. The normalized spacial score (nSPS) is 17.1. The molecule has 1 fully saturated rings. The van der Waals surface area contributed by atoms with Crippen molar-refractivity contribution in [2.24, 2.45) is 0 Å². The smallest absolute Gasteiger partial charge is 0.227 e. The van der Waals surface area contributed by atoms with Crippen molar-refractivity contribution in [1.82, 2.24) is 9.97 Å². The third-order valence-corrected chi connectivity index (χ3v) is 5.28. The van der Waals surface area contributed by atoms with E-state index in [0.29, 0.717) is 32.0 Å². The van der Waals surface area contributed by atoms with Gasteiger partial charge in [0.2, 0.25) is 5.95 Å². The van der Waals surface area contributed by atoms with Gasteiger partial charge < -0.3 is 24.4 Å². The first-order valence-corrected chi connectivity index (χ1v) is 10.2. The number of carbonyl (C=O) groups excluding carboxylic acids is 1. The quantitative estimate of drug-likeness (QED) is 0.673. The van der Waals surface area contributed by atoms with Gasteiger partial charge in [-0.25, -0.2) is 9.37 Å². The molecule has 0 saturated carbocycles. The van der Waals surface area contributed by atoms with E-state index < -0.39 is 5.82 Å². The van der Waals surface area contributed by atoms with Crippen LogP contribution in [0.25, 0.3) is 0 Å². The Bertz CT molecular complexity index is 862. The van der Waals surface area contributed by atoms with Gasteiger partial charge in [-0.3, -0.25) is 0 Å². The zero-order chi connectivity index (χ0) is 21.7. The van der Waals surface area contributed by atoms with Gasteiger partial charge in [0.25, 0.3) is 0 Å². The number of hydrogen-bond acceptors (Lipinski definition) is 7. The lowest BCUT2D eigenvalue weighted by molar-refractivity contribution is -0.117. The minimum absolute atomic E-state index is 0.0292. The standard InChI is InChI=1S/C22H29FN4O3/c1-15(12-16(2)29)17-4-6-18(7-5-17)30-19-8-9-27(14-19)21-20(23)13-24-22(25-21)26(3)10-11-28/h4-7,13,15,19,28H,8-12,14H2,1-3H3/t15-,19-/m1/s1. The Morgan fingerprint density at radius 3 is 2.80 bits per heavy atom. The van der Waals surface area contributed by atoms with Crippen LogP contribution in [0.3, 0.4) is 0 Å². The van der Waals surface area contributed by atoms with Crippen LogP contribution in [-0.2, 0) is 4.79 Å². The summed E-state index contributed by atoms with van der Waals surface area (Å²) in [6, 6.07) is 7.82. The maximum Gasteiger partial charge on any atom is 0.227 e. The predicted molar refractivity (Wildman–Crippen MR) is 114 cm³/mol. The number of aliphatic hydroxyl groups is 1. The number of anilines is 2. The second-order valence-corrected chi connectivity index (χ2v) is 7.84. The fourth-order valence-electron chi connectivity index (χ4n) is 3.64. The lowest BCUT2D eigenvalue weighted by Crippen LogP contribution is -2.28. The number of hydrogen-bond donors (Lipinski definition) is 1. The maximum atomic E-state index is 14.3. The highest BCUT2D eigenvalue weighted by atomic mass is 19.1. The Labute approximate surface area is 176 Å². The largest absolute Gasteiger partial charge is 0.489 e. The van der Waals surface area contributed by atoms with Crippen molar-refractivity contribution in [3.8, 4) is 5.75 Å². The first-order valence-electron chi connectivity index (χ1n) is 10.2. The average Bonchev–Trinajstić information content (AvgIpc) is 3.16. The average molecular weight is 416 g/mol. The van der Waals surface area contributed by atoms with Crippen molar-refractivity contribution in [3.05, 3.63) is 41.8 Å². The molecule has 0 amide bonds. The highest BCUT2D eigenvalue weighted by Crippen LogP contribution is 2.27. The SMILES string of the molecule is CC(=O)C[C@@H](C)c1ccc(O[C@@H]2CCN(c3nc(N(C)CCO)ncc3F)C2)cc1. The topological polar surface area (TPSA) is 78.8 Å². The van der Waals surface area contributed by atoms with Crippen molar-refractivity contribution in [1.29, 1.82) is 0 Å². The zero-order valence-corrected chi connectivity index (χ0v) is 17.7. The van der Waals surface area contributed by atoms with Crippen LogP contribution in [0.1, 0.15) is 38.2 Å². The van der Waals surface area contributed by atoms with Gasteiger partial charge in [-0.2, -0.15) is 4.98 Å². The van der Waals surface area contributed by atoms with E-state index in [9.17, 15) is 9.18 Å². The number of nitrogens with zero attached hydrogens (tertiary/aromatic N) is 4. The Morgan fingerprint density at radius 2 is 2.13 bits per heavy atom. The molecule has 8 heteroatoms. The molecule has 0 bridgehead atoms. The van der Waals surface area contributed by atoms with Crippen molar-refractivity contribution in [2.45, 2.75) is 38.7 Å². The summed E-state index contributed by atoms with van der Waals surface area (Å²) in [5, 5.41) is 9.08. The van der Waals surface area contributed by atoms with Crippen LogP contribution < -0.4 is 14.5 Å². The molecule has 1 aromatic heterocycles. The number of halogens is 1. The van der Waals surface area contributed by atoms with Crippen molar-refractivity contribution < 1.29 is 19.0 Å². The summed E-state index contributed by atoms with van der Waals surface area (Å²) in [4.78, 5) is 23.2. The minimum Gasteiger partial charge on any atom is -0.489 e. The molecule has 2 heterocycles. The fourth-order valence-corrected chi connectivity index (χ4v) is 3.64. The van der Waals surface area contributed by atoms with Crippen LogP contribution in [0.2, 0.25) is 0 Å². The van der Waals surface area contributed by atoms with Crippen LogP contribution >= 0.6 is 0 Å². The molecule has 1 aliphatic rings. The number of aromatic nitrogens is 2. The summed E-state index contributed by atoms with van der Waals surface area (Å²) < 4.78 is 20.4. The number of ketones is 1. The molecule has 0 radical (unpaired) electrons. The molecule has 1 N–H and O–H groups in total. The lowest BCUT2D eigenvalue weighted by Gasteiger charge is -2.21. The molecule has 0 aliphatic carbocycles. The van der Waals surface area contributed by atoms with Crippen LogP contribution in [-0.4, -0.2) is 60.3 Å². The lowest BCUT2D eigenvalue weighted by atomic mass is 9.96. The fraction of sp³-hybridized carbons (Fsp3) is 0.500. The summed E-state index contributed by atoms with van der Waals surface area (Å²) in [6.45, 7) is 5.15. The summed E-state index contributed by atoms with van der Waals surface area (Å²) in [6.07, 6.45) is 2.38. The molecule has 30 heavy (non-hydrogen) atoms. The molecule has 162 valence electrons. The van der Waals surface area contributed by atoms with Gasteiger partial charge in [0, 0.05) is 33.0 Å². The monoisotopic (exact) mass is 416 g/mol. The van der Waals surface area contributed by atoms with E-state index >= 15 is 0 Å². The first-order chi connectivity index (χ1) is 14.4. The van der Waals surface area contributed by atoms with Crippen molar-refractivity contribution in [2.75, 3.05) is 43.1 Å². The molecule has 3 rings (SSSR count). The van der Waals surface area contributed by atoms with Crippen LogP contribution in [0.5, 0.6) is 5.75 Å². The molecule has 0 unspecified atom stereocenters. The predicted octanol–water partition coefficient (Wildman–Crippen LogP) is 2.78. The third-order valence-electron chi connectivity index (χ3n) is 5.28. The van der Waals surface area contributed by atoms with Gasteiger partial charge in [0.15, 0.2) is 11.6 Å². The van der Waals surface area contributed by atoms with E-state index in [0.717, 1.165) is 17.7 Å². The van der Waals surface area contributed by atoms with E-state index in [-0.39, 0.29) is 30.2 Å². The second-order valence-electron chi connectivity index (χ2n) is 7.84.